The molecular weight excluding hydrogens is 312 g/mol. The van der Waals surface area contributed by atoms with Crippen LogP contribution in [0.25, 0.3) is 0 Å². The molecule has 0 spiro atoms. The Morgan fingerprint density at radius 1 is 1.46 bits per heavy atom. The van der Waals surface area contributed by atoms with Gasteiger partial charge in [0.15, 0.2) is 0 Å². The molecule has 0 bridgehead atoms. The molecule has 1 unspecified atom stereocenters. The van der Waals surface area contributed by atoms with Crippen LogP contribution >= 0.6 is 0 Å². The fraction of sp³-hybridized carbons (Fsp3) is 0.353. The van der Waals surface area contributed by atoms with Gasteiger partial charge in [-0.25, -0.2) is 4.79 Å². The van der Waals surface area contributed by atoms with Gasteiger partial charge in [0, 0.05) is 12.1 Å². The van der Waals surface area contributed by atoms with E-state index in [-0.39, 0.29) is 12.5 Å². The zero-order valence-electron chi connectivity index (χ0n) is 13.7. The lowest BCUT2D eigenvalue weighted by Crippen LogP contribution is -2.58. The number of ether oxygens (including phenoxy) is 2. The molecule has 1 N–H and O–H groups in total. The number of carbonyl (C=O) groups is 3. The van der Waals surface area contributed by atoms with Crippen molar-refractivity contribution in [2.75, 3.05) is 20.8 Å². The molecule has 1 aliphatic heterocycles. The lowest BCUT2D eigenvalue weighted by molar-refractivity contribution is -0.147. The van der Waals surface area contributed by atoms with Gasteiger partial charge in [0.2, 0.25) is 11.9 Å². The van der Waals surface area contributed by atoms with E-state index in [1.807, 2.05) is 0 Å². The number of hydrogen-bond donors (Lipinski definition) is 1. The molecule has 2 amide bonds. The Bertz CT molecular complexity index is 734. The average Bonchev–Trinajstić information content (AvgIpc) is 2.89. The van der Waals surface area contributed by atoms with Gasteiger partial charge < -0.3 is 19.7 Å². The lowest BCUT2D eigenvalue weighted by atomic mass is 9.99. The van der Waals surface area contributed by atoms with Gasteiger partial charge in [0.1, 0.15) is 5.75 Å². The summed E-state index contributed by atoms with van der Waals surface area (Å²) < 4.78 is 9.89. The van der Waals surface area contributed by atoms with E-state index in [0.717, 1.165) is 5.56 Å². The number of amides is 2. The molecule has 0 saturated carbocycles. The van der Waals surface area contributed by atoms with Gasteiger partial charge in [-0.05, 0) is 24.6 Å². The van der Waals surface area contributed by atoms with E-state index >= 15 is 0 Å². The number of nitrogens with zero attached hydrogens (tertiary/aromatic N) is 1. The number of nitrogens with one attached hydrogen (secondary N) is 1. The number of hydrogen-bond acceptors (Lipinski definition) is 5. The fourth-order valence-corrected chi connectivity index (χ4v) is 2.67. The third-order valence-electron chi connectivity index (χ3n) is 3.80. The maximum absolute atomic E-state index is 12.6. The van der Waals surface area contributed by atoms with Crippen LogP contribution in [0.15, 0.2) is 18.2 Å². The third-order valence-corrected chi connectivity index (χ3v) is 3.80. The Hall–Kier alpha value is -3.01. The molecule has 0 radical (unpaired) electrons. The minimum atomic E-state index is -1.60. The molecule has 1 heterocycles. The predicted molar refractivity (Wildman–Crippen MR) is 85.1 cm³/mol. The first-order chi connectivity index (χ1) is 11.5. The average molecular weight is 330 g/mol. The molecule has 126 valence electrons. The van der Waals surface area contributed by atoms with Crippen molar-refractivity contribution in [3.8, 4) is 17.6 Å². The van der Waals surface area contributed by atoms with Crippen LogP contribution in [0.5, 0.6) is 5.75 Å². The number of carbonyl (C=O) groups excluding carboxylic acids is 3. The molecule has 0 fully saturated rings. The van der Waals surface area contributed by atoms with Crippen LogP contribution in [0.1, 0.15) is 22.8 Å². The van der Waals surface area contributed by atoms with Crippen molar-refractivity contribution in [2.45, 2.75) is 19.0 Å². The molecule has 1 aliphatic rings. The second-order valence-corrected chi connectivity index (χ2v) is 5.22. The van der Waals surface area contributed by atoms with Crippen LogP contribution in [-0.4, -0.2) is 49.5 Å². The number of methoxy groups -OCH3 is 2. The summed E-state index contributed by atoms with van der Waals surface area (Å²) in [6.45, 7) is 1.73. The normalized spacial score (nSPS) is 14.8. The molecular formula is C17H18N2O5. The van der Waals surface area contributed by atoms with Gasteiger partial charge in [0.25, 0.3) is 5.91 Å². The first-order valence-electron chi connectivity index (χ1n) is 7.21. The number of benzene rings is 1. The fourth-order valence-electron chi connectivity index (χ4n) is 2.67. The molecule has 2 rings (SSSR count). The van der Waals surface area contributed by atoms with Crippen LogP contribution in [0.2, 0.25) is 0 Å². The van der Waals surface area contributed by atoms with Gasteiger partial charge in [-0.3, -0.25) is 9.59 Å². The van der Waals surface area contributed by atoms with Gasteiger partial charge in [-0.2, -0.15) is 0 Å². The van der Waals surface area contributed by atoms with Gasteiger partial charge in [-0.15, -0.1) is 5.92 Å². The van der Waals surface area contributed by atoms with Gasteiger partial charge in [0.05, 0.1) is 20.8 Å². The summed E-state index contributed by atoms with van der Waals surface area (Å²) in [6, 6.07) is 5.21. The predicted octanol–water partition coefficient (Wildman–Crippen LogP) is 0.332. The summed E-state index contributed by atoms with van der Waals surface area (Å²) in [4.78, 5) is 37.2. The van der Waals surface area contributed by atoms with Gasteiger partial charge in [-0.1, -0.05) is 12.0 Å². The minimum absolute atomic E-state index is 0.116. The highest BCUT2D eigenvalue weighted by Crippen LogP contribution is 2.28. The summed E-state index contributed by atoms with van der Waals surface area (Å²) in [5.74, 6) is 4.84. The molecule has 1 atom stereocenters. The highest BCUT2D eigenvalue weighted by molar-refractivity contribution is 5.99. The van der Waals surface area contributed by atoms with Crippen LogP contribution in [-0.2, 0) is 20.9 Å². The SMILES string of the molecule is CC#CC(CN1Cc2ccc(OC)cc2C1=O)(NC=O)C(=O)OC. The van der Waals surface area contributed by atoms with Crippen LogP contribution in [0.3, 0.4) is 0 Å². The van der Waals surface area contributed by atoms with Crippen LogP contribution in [0.4, 0.5) is 0 Å². The van der Waals surface area contributed by atoms with Crippen LogP contribution < -0.4 is 10.1 Å². The molecule has 7 heteroatoms. The summed E-state index contributed by atoms with van der Waals surface area (Å²) in [5.41, 5.74) is -0.286. The van der Waals surface area contributed by atoms with Crippen molar-refractivity contribution < 1.29 is 23.9 Å². The summed E-state index contributed by atoms with van der Waals surface area (Å²) in [6.07, 6.45) is 0.373. The first kappa shape index (κ1) is 17.3. The van der Waals surface area contributed by atoms with E-state index in [4.69, 9.17) is 9.47 Å². The largest absolute Gasteiger partial charge is 0.497 e. The highest BCUT2D eigenvalue weighted by Gasteiger charge is 2.43. The molecule has 1 aromatic carbocycles. The second kappa shape index (κ2) is 7.04. The minimum Gasteiger partial charge on any atom is -0.497 e. The summed E-state index contributed by atoms with van der Waals surface area (Å²) in [7, 11) is 2.72. The van der Waals surface area contributed by atoms with E-state index in [1.54, 1.807) is 18.2 Å². The first-order valence-corrected chi connectivity index (χ1v) is 7.21. The monoisotopic (exact) mass is 330 g/mol. The summed E-state index contributed by atoms with van der Waals surface area (Å²) in [5, 5.41) is 2.40. The van der Waals surface area contributed by atoms with Crippen LogP contribution in [0, 0.1) is 11.8 Å². The van der Waals surface area contributed by atoms with Crippen molar-refractivity contribution in [1.82, 2.24) is 10.2 Å². The number of fused-ring (bicyclic) bond motifs is 1. The zero-order valence-corrected chi connectivity index (χ0v) is 13.7. The standard InChI is InChI=1S/C17H18N2O5/c1-4-7-17(18-11-20,16(22)24-3)10-19-9-12-5-6-13(23-2)8-14(12)15(19)21/h5-6,8,11H,9-10H2,1-3H3,(H,18,20). The molecule has 0 aliphatic carbocycles. The van der Waals surface area contributed by atoms with Crippen molar-refractivity contribution in [3.63, 3.8) is 0 Å². The molecule has 0 aromatic heterocycles. The molecule has 7 nitrogen and oxygen atoms in total. The second-order valence-electron chi connectivity index (χ2n) is 5.22. The Labute approximate surface area is 139 Å². The summed E-state index contributed by atoms with van der Waals surface area (Å²) >= 11 is 0. The van der Waals surface area contributed by atoms with Gasteiger partial charge >= 0.3 is 5.97 Å². The Morgan fingerprint density at radius 3 is 2.79 bits per heavy atom. The Kier molecular flexibility index (Phi) is 5.09. The topological polar surface area (TPSA) is 84.9 Å². The third kappa shape index (κ3) is 3.04. The van der Waals surface area contributed by atoms with E-state index in [0.29, 0.717) is 24.3 Å². The smallest absolute Gasteiger partial charge is 0.346 e. The maximum atomic E-state index is 12.6. The maximum Gasteiger partial charge on any atom is 0.346 e. The molecule has 1 aromatic rings. The van der Waals surface area contributed by atoms with Crippen molar-refractivity contribution in [2.24, 2.45) is 0 Å². The van der Waals surface area contributed by atoms with Crippen molar-refractivity contribution in [1.29, 1.82) is 0 Å². The van der Waals surface area contributed by atoms with E-state index in [2.05, 4.69) is 17.2 Å². The molecule has 0 saturated heterocycles. The lowest BCUT2D eigenvalue weighted by Gasteiger charge is -2.29. The van der Waals surface area contributed by atoms with E-state index < -0.39 is 11.5 Å². The van der Waals surface area contributed by atoms with E-state index in [9.17, 15) is 14.4 Å². The number of rotatable bonds is 6. The highest BCUT2D eigenvalue weighted by atomic mass is 16.5. The van der Waals surface area contributed by atoms with E-state index in [1.165, 1.54) is 26.0 Å². The van der Waals surface area contributed by atoms with Crippen molar-refractivity contribution in [3.05, 3.63) is 29.3 Å². The zero-order chi connectivity index (χ0) is 17.7. The molecule has 24 heavy (non-hydrogen) atoms. The quantitative estimate of drug-likeness (QED) is 0.462. The van der Waals surface area contributed by atoms with Crippen molar-refractivity contribution >= 4 is 18.3 Å². The Balaban J connectivity index is 2.34. The Morgan fingerprint density at radius 2 is 2.21 bits per heavy atom. The number of esters is 1.